The Morgan fingerprint density at radius 3 is 1.43 bits per heavy atom. The van der Waals surface area contributed by atoms with Crippen LogP contribution in [0.4, 0.5) is 0 Å². The molecule has 0 atom stereocenters. The lowest BCUT2D eigenvalue weighted by molar-refractivity contribution is 0.444. The fraction of sp³-hybridized carbons (Fsp3) is 0.700. The van der Waals surface area contributed by atoms with Crippen LogP contribution in [0.2, 0.25) is 0 Å². The van der Waals surface area contributed by atoms with E-state index in [0.29, 0.717) is 5.75 Å². The highest BCUT2D eigenvalue weighted by molar-refractivity contribution is 5.42. The Morgan fingerprint density at radius 2 is 1.14 bits per heavy atom. The van der Waals surface area contributed by atoms with E-state index in [1.165, 1.54) is 18.4 Å². The van der Waals surface area contributed by atoms with Crippen molar-refractivity contribution in [3.63, 3.8) is 0 Å². The van der Waals surface area contributed by atoms with Crippen LogP contribution >= 0.6 is 0 Å². The normalized spacial score (nSPS) is 11.0. The highest BCUT2D eigenvalue weighted by Crippen LogP contribution is 2.34. The first-order valence-corrected chi connectivity index (χ1v) is 8.29. The quantitative estimate of drug-likeness (QED) is 0.556. The number of hydrogen-bond donors (Lipinski definition) is 1. The lowest BCUT2D eigenvalue weighted by atomic mass is 9.80. The number of aromatic hydroxyl groups is 1. The van der Waals surface area contributed by atoms with Crippen LogP contribution in [0.5, 0.6) is 5.75 Å². The van der Waals surface area contributed by atoms with E-state index < -0.39 is 0 Å². The summed E-state index contributed by atoms with van der Waals surface area (Å²) in [4.78, 5) is 0. The average molecular weight is 295 g/mol. The molecule has 0 aromatic heterocycles. The summed E-state index contributed by atoms with van der Waals surface area (Å²) < 4.78 is 0. The van der Waals surface area contributed by atoms with Gasteiger partial charge in [-0.2, -0.15) is 0 Å². The van der Waals surface area contributed by atoms with Crippen molar-refractivity contribution in [2.75, 3.05) is 0 Å². The summed E-state index contributed by atoms with van der Waals surface area (Å²) in [6.45, 7) is 21.4. The number of rotatable bonds is 0. The van der Waals surface area contributed by atoms with Crippen molar-refractivity contribution in [2.24, 2.45) is 0 Å². The van der Waals surface area contributed by atoms with Crippen molar-refractivity contribution in [1.82, 2.24) is 0 Å². The Hall–Kier alpha value is -0.980. The maximum Gasteiger partial charge on any atom is 0.119 e. The van der Waals surface area contributed by atoms with E-state index in [1.54, 1.807) is 6.07 Å². The van der Waals surface area contributed by atoms with Gasteiger partial charge in [0.25, 0.3) is 0 Å². The molecule has 0 spiro atoms. The van der Waals surface area contributed by atoms with Gasteiger partial charge in [0.2, 0.25) is 0 Å². The Morgan fingerprint density at radius 1 is 0.762 bits per heavy atom. The molecule has 124 valence electrons. The van der Waals surface area contributed by atoms with Crippen LogP contribution in [0.15, 0.2) is 18.2 Å². The third-order valence-electron chi connectivity index (χ3n) is 2.67. The molecule has 0 heterocycles. The van der Waals surface area contributed by atoms with Crippen molar-refractivity contribution in [3.8, 4) is 5.75 Å². The van der Waals surface area contributed by atoms with Crippen molar-refractivity contribution in [1.29, 1.82) is 0 Å². The minimum absolute atomic E-state index is 0.00859. The van der Waals surface area contributed by atoms with Gasteiger partial charge < -0.3 is 5.11 Å². The smallest absolute Gasteiger partial charge is 0.119 e. The second-order valence-electron chi connectivity index (χ2n) is 7.65. The first kappa shape index (κ1) is 22.3. The zero-order valence-corrected chi connectivity index (χ0v) is 16.1. The van der Waals surface area contributed by atoms with Crippen LogP contribution in [0, 0.1) is 0 Å². The van der Waals surface area contributed by atoms with Gasteiger partial charge in [-0.1, -0.05) is 94.2 Å². The van der Waals surface area contributed by atoms with E-state index in [4.69, 9.17) is 0 Å². The molecule has 0 amide bonds. The minimum Gasteiger partial charge on any atom is -0.508 e. The summed E-state index contributed by atoms with van der Waals surface area (Å²) in [7, 11) is 0. The van der Waals surface area contributed by atoms with Gasteiger partial charge in [-0.15, -0.1) is 0 Å². The molecule has 1 aromatic carbocycles. The average Bonchev–Trinajstić information content (AvgIpc) is 2.28. The summed E-state index contributed by atoms with van der Waals surface area (Å²) in [5, 5.41) is 9.84. The van der Waals surface area contributed by atoms with E-state index in [9.17, 15) is 5.11 Å². The second-order valence-corrected chi connectivity index (χ2v) is 7.65. The van der Waals surface area contributed by atoms with Crippen LogP contribution in [-0.2, 0) is 10.8 Å². The van der Waals surface area contributed by atoms with E-state index >= 15 is 0 Å². The number of phenols is 1. The molecule has 1 aromatic rings. The molecule has 21 heavy (non-hydrogen) atoms. The van der Waals surface area contributed by atoms with E-state index in [0.717, 1.165) is 5.56 Å². The first-order chi connectivity index (χ1) is 9.45. The summed E-state index contributed by atoms with van der Waals surface area (Å²) in [6.07, 6.45) is 2.50. The summed E-state index contributed by atoms with van der Waals surface area (Å²) in [5.41, 5.74) is 2.42. The molecule has 1 heteroatoms. The molecule has 1 N–H and O–H groups in total. The highest BCUT2D eigenvalue weighted by atomic mass is 16.3. The molecule has 0 radical (unpaired) electrons. The van der Waals surface area contributed by atoms with Crippen LogP contribution in [0.1, 0.15) is 93.2 Å². The summed E-state index contributed by atoms with van der Waals surface area (Å²) >= 11 is 0. The van der Waals surface area contributed by atoms with Crippen LogP contribution in [0.3, 0.4) is 0 Å². The van der Waals surface area contributed by atoms with E-state index in [1.807, 2.05) is 6.07 Å². The Kier molecular flexibility index (Phi) is 10.5. The molecule has 0 saturated carbocycles. The topological polar surface area (TPSA) is 20.2 Å². The molecular formula is C20H38O. The molecule has 0 bridgehead atoms. The van der Waals surface area contributed by atoms with Crippen LogP contribution in [-0.4, -0.2) is 5.11 Å². The Labute approximate surface area is 133 Å². The van der Waals surface area contributed by atoms with Gasteiger partial charge in [0.15, 0.2) is 0 Å². The Bertz CT molecular complexity index is 376. The van der Waals surface area contributed by atoms with Crippen LogP contribution in [0.25, 0.3) is 0 Å². The summed E-state index contributed by atoms with van der Waals surface area (Å²) in [6, 6.07) is 5.93. The lowest BCUT2D eigenvalue weighted by Gasteiger charge is -2.25. The van der Waals surface area contributed by atoms with E-state index in [2.05, 4.69) is 75.3 Å². The molecular weight excluding hydrogens is 256 g/mol. The molecule has 1 nitrogen and oxygen atoms in total. The van der Waals surface area contributed by atoms with Gasteiger partial charge in [-0.05, 0) is 28.0 Å². The van der Waals surface area contributed by atoms with Crippen LogP contribution < -0.4 is 0 Å². The molecule has 0 saturated heterocycles. The second kappa shape index (κ2) is 9.87. The minimum atomic E-state index is -0.00859. The third-order valence-corrected chi connectivity index (χ3v) is 2.67. The molecule has 0 unspecified atom stereocenters. The molecule has 0 aliphatic heterocycles. The number of benzene rings is 1. The van der Waals surface area contributed by atoms with Crippen molar-refractivity contribution in [2.45, 2.75) is 92.9 Å². The van der Waals surface area contributed by atoms with Gasteiger partial charge in [-0.3, -0.25) is 0 Å². The number of phenolic OH excluding ortho intramolecular Hbond substituents is 1. The van der Waals surface area contributed by atoms with Gasteiger partial charge in [-0.25, -0.2) is 0 Å². The molecule has 1 rings (SSSR count). The zero-order chi connectivity index (χ0) is 17.3. The predicted molar refractivity (Wildman–Crippen MR) is 97.4 cm³/mol. The van der Waals surface area contributed by atoms with Gasteiger partial charge in [0.1, 0.15) is 5.75 Å². The fourth-order valence-corrected chi connectivity index (χ4v) is 1.60. The molecule has 0 aliphatic carbocycles. The SMILES string of the molecule is CC(C)(C)c1ccc(O)c(C(C)(C)C)c1.CCC.CCC. The largest absolute Gasteiger partial charge is 0.508 e. The highest BCUT2D eigenvalue weighted by Gasteiger charge is 2.21. The lowest BCUT2D eigenvalue weighted by Crippen LogP contribution is -2.16. The standard InChI is InChI=1S/C14H22O.2C3H8/c1-13(2,3)10-7-8-12(15)11(9-10)14(4,5)6;2*1-3-2/h7-9,15H,1-6H3;2*3H2,1-2H3. The van der Waals surface area contributed by atoms with Crippen molar-refractivity contribution >= 4 is 0 Å². The maximum atomic E-state index is 9.84. The summed E-state index contributed by atoms with van der Waals surface area (Å²) in [5.74, 6) is 0.399. The maximum absolute atomic E-state index is 9.84. The van der Waals surface area contributed by atoms with Crippen molar-refractivity contribution in [3.05, 3.63) is 29.3 Å². The monoisotopic (exact) mass is 294 g/mol. The molecule has 0 fully saturated rings. The van der Waals surface area contributed by atoms with E-state index in [-0.39, 0.29) is 10.8 Å². The van der Waals surface area contributed by atoms with Gasteiger partial charge in [0, 0.05) is 0 Å². The first-order valence-electron chi connectivity index (χ1n) is 8.29. The van der Waals surface area contributed by atoms with Crippen molar-refractivity contribution < 1.29 is 5.11 Å². The zero-order valence-electron chi connectivity index (χ0n) is 16.1. The van der Waals surface area contributed by atoms with Gasteiger partial charge >= 0.3 is 0 Å². The fourth-order valence-electron chi connectivity index (χ4n) is 1.60. The number of hydrogen-bond acceptors (Lipinski definition) is 1. The molecule has 0 aliphatic rings. The Balaban J connectivity index is 0. The third kappa shape index (κ3) is 9.55. The predicted octanol–water partition coefficient (Wildman–Crippen LogP) is 6.82. The van der Waals surface area contributed by atoms with Gasteiger partial charge in [0.05, 0.1) is 0 Å².